The standard InChI is InChI=1S/C29H51N3.H2/c1-8-29(9-2)17-15-23-22(18-29)10-11-25-24(23)14-16-28(6)26(12-13-27(25)28)21(5)19-32(20(3)4)31-30-7;/h21-27H,3,8-19H2,1-2,4-7H3;1H. The lowest BCUT2D eigenvalue weighted by molar-refractivity contribution is -0.0864. The zero-order valence-electron chi connectivity index (χ0n) is 22.1. The number of allylic oxidation sites excluding steroid dienone is 1. The van der Waals surface area contributed by atoms with Crippen molar-refractivity contribution in [3.05, 3.63) is 12.3 Å². The van der Waals surface area contributed by atoms with Crippen molar-refractivity contribution in [1.29, 1.82) is 0 Å². The fourth-order valence-corrected chi connectivity index (χ4v) is 9.71. The molecule has 4 rings (SSSR count). The summed E-state index contributed by atoms with van der Waals surface area (Å²) >= 11 is 0. The monoisotopic (exact) mass is 443 g/mol. The van der Waals surface area contributed by atoms with Gasteiger partial charge in [-0.2, -0.15) is 5.11 Å². The van der Waals surface area contributed by atoms with Crippen molar-refractivity contribution in [2.24, 2.45) is 62.6 Å². The Morgan fingerprint density at radius 2 is 1.75 bits per heavy atom. The fraction of sp³-hybridized carbons (Fsp3) is 0.931. The Hall–Kier alpha value is -0.860. The maximum Gasteiger partial charge on any atom is 0.0509 e. The van der Waals surface area contributed by atoms with Gasteiger partial charge >= 0.3 is 0 Å². The largest absolute Gasteiger partial charge is 0.252 e. The molecule has 0 aliphatic heterocycles. The topological polar surface area (TPSA) is 28.0 Å². The normalized spacial score (nSPS) is 41.6. The summed E-state index contributed by atoms with van der Waals surface area (Å²) < 4.78 is 0. The molecular weight excluding hydrogens is 390 g/mol. The van der Waals surface area contributed by atoms with Crippen molar-refractivity contribution >= 4 is 0 Å². The summed E-state index contributed by atoms with van der Waals surface area (Å²) in [5.41, 5.74) is 2.22. The summed E-state index contributed by atoms with van der Waals surface area (Å²) in [6.45, 7) is 17.2. The highest BCUT2D eigenvalue weighted by Gasteiger charge is 2.58. The Bertz CT molecular complexity index is 701. The van der Waals surface area contributed by atoms with Gasteiger partial charge in [0.05, 0.1) is 7.05 Å². The first-order chi connectivity index (χ1) is 15.3. The van der Waals surface area contributed by atoms with Crippen molar-refractivity contribution < 1.29 is 1.43 Å². The van der Waals surface area contributed by atoms with Gasteiger partial charge < -0.3 is 0 Å². The van der Waals surface area contributed by atoms with Gasteiger partial charge in [-0.25, -0.2) is 0 Å². The highest BCUT2D eigenvalue weighted by Crippen LogP contribution is 2.66. The van der Waals surface area contributed by atoms with E-state index in [2.05, 4.69) is 51.5 Å². The number of fused-ring (bicyclic) bond motifs is 5. The highest BCUT2D eigenvalue weighted by molar-refractivity contribution is 5.08. The average Bonchev–Trinajstić information content (AvgIpc) is 3.15. The van der Waals surface area contributed by atoms with Crippen LogP contribution >= 0.6 is 0 Å². The number of nitrogens with zero attached hydrogens (tertiary/aromatic N) is 3. The Morgan fingerprint density at radius 1 is 1.03 bits per heavy atom. The Balaban J connectivity index is 0.00000306. The zero-order chi connectivity index (χ0) is 23.1. The summed E-state index contributed by atoms with van der Waals surface area (Å²) in [7, 11) is 1.77. The molecule has 0 bridgehead atoms. The Kier molecular flexibility index (Phi) is 7.14. The van der Waals surface area contributed by atoms with Crippen LogP contribution in [0.25, 0.3) is 0 Å². The maximum atomic E-state index is 4.36. The van der Waals surface area contributed by atoms with Crippen LogP contribution in [0.2, 0.25) is 0 Å². The molecule has 0 N–H and O–H groups in total. The van der Waals surface area contributed by atoms with Crippen LogP contribution in [0.1, 0.15) is 107 Å². The number of hydrogen-bond acceptors (Lipinski definition) is 2. The van der Waals surface area contributed by atoms with E-state index >= 15 is 0 Å². The van der Waals surface area contributed by atoms with Crippen LogP contribution in [0.4, 0.5) is 0 Å². The second-order valence-electron chi connectivity index (χ2n) is 12.7. The van der Waals surface area contributed by atoms with Crippen molar-refractivity contribution in [3.63, 3.8) is 0 Å². The van der Waals surface area contributed by atoms with Gasteiger partial charge in [-0.15, -0.1) is 0 Å². The van der Waals surface area contributed by atoms with E-state index in [0.29, 0.717) is 16.7 Å². The van der Waals surface area contributed by atoms with Crippen molar-refractivity contribution in [2.75, 3.05) is 13.6 Å². The van der Waals surface area contributed by atoms with Crippen LogP contribution < -0.4 is 0 Å². The van der Waals surface area contributed by atoms with E-state index in [1.165, 1.54) is 70.6 Å². The Morgan fingerprint density at radius 3 is 2.41 bits per heavy atom. The first-order valence-electron chi connectivity index (χ1n) is 14.0. The number of rotatable bonds is 7. The molecule has 0 aromatic rings. The van der Waals surface area contributed by atoms with Gasteiger partial charge in [0.1, 0.15) is 0 Å². The van der Waals surface area contributed by atoms with E-state index in [-0.39, 0.29) is 1.43 Å². The molecule has 4 aliphatic rings. The molecular formula is C29H53N3. The minimum atomic E-state index is 0. The minimum Gasteiger partial charge on any atom is -0.252 e. The maximum absolute atomic E-state index is 4.36. The van der Waals surface area contributed by atoms with Crippen molar-refractivity contribution in [3.8, 4) is 0 Å². The summed E-state index contributed by atoms with van der Waals surface area (Å²) in [5.74, 6) is 6.55. The molecule has 32 heavy (non-hydrogen) atoms. The van der Waals surface area contributed by atoms with Gasteiger partial charge in [-0.05, 0) is 117 Å². The lowest BCUT2D eigenvalue weighted by atomic mass is 9.47. The molecule has 0 amide bonds. The summed E-state index contributed by atoms with van der Waals surface area (Å²) in [5, 5.41) is 10.4. The molecule has 3 nitrogen and oxygen atoms in total. The molecule has 0 heterocycles. The van der Waals surface area contributed by atoms with Gasteiger partial charge in [-0.1, -0.05) is 52.3 Å². The number of hydrogen-bond donors (Lipinski definition) is 0. The van der Waals surface area contributed by atoms with Crippen LogP contribution in [0.15, 0.2) is 22.6 Å². The summed E-state index contributed by atoms with van der Waals surface area (Å²) in [6.07, 6.45) is 16.3. The van der Waals surface area contributed by atoms with Crippen LogP contribution in [0, 0.1) is 52.3 Å². The van der Waals surface area contributed by atoms with E-state index < -0.39 is 0 Å². The summed E-state index contributed by atoms with van der Waals surface area (Å²) in [6, 6.07) is 0. The first-order valence-corrected chi connectivity index (χ1v) is 14.0. The van der Waals surface area contributed by atoms with Gasteiger partial charge in [0.2, 0.25) is 0 Å². The van der Waals surface area contributed by atoms with E-state index in [1.807, 2.05) is 5.01 Å². The van der Waals surface area contributed by atoms with Crippen LogP contribution in [0.3, 0.4) is 0 Å². The molecule has 184 valence electrons. The quantitative estimate of drug-likeness (QED) is 0.285. The summed E-state index contributed by atoms with van der Waals surface area (Å²) in [4.78, 5) is 0. The van der Waals surface area contributed by atoms with Crippen molar-refractivity contribution in [1.82, 2.24) is 5.01 Å². The van der Waals surface area contributed by atoms with E-state index in [0.717, 1.165) is 47.7 Å². The smallest absolute Gasteiger partial charge is 0.0509 e. The molecule has 4 fully saturated rings. The van der Waals surface area contributed by atoms with E-state index in [1.54, 1.807) is 7.05 Å². The molecule has 8 atom stereocenters. The van der Waals surface area contributed by atoms with Crippen LogP contribution in [0.5, 0.6) is 0 Å². The molecule has 0 aromatic carbocycles. The molecule has 3 heteroatoms. The predicted molar refractivity (Wildman–Crippen MR) is 137 cm³/mol. The predicted octanol–water partition coefficient (Wildman–Crippen LogP) is 8.78. The minimum absolute atomic E-state index is 0. The van der Waals surface area contributed by atoms with Gasteiger partial charge in [-0.3, -0.25) is 5.01 Å². The van der Waals surface area contributed by atoms with Gasteiger partial charge in [0, 0.05) is 13.7 Å². The average molecular weight is 444 g/mol. The first kappa shape index (κ1) is 24.3. The van der Waals surface area contributed by atoms with E-state index in [4.69, 9.17) is 0 Å². The third kappa shape index (κ3) is 4.09. The lowest BCUT2D eigenvalue weighted by Crippen LogP contribution is -2.50. The third-order valence-corrected chi connectivity index (χ3v) is 11.6. The van der Waals surface area contributed by atoms with Crippen molar-refractivity contribution in [2.45, 2.75) is 105 Å². The SMILES string of the molecule is C=C(C)N(CC(C)C1CCC2C3CCC4CC(CC)(CC)CCC4C3CCC12C)N=NC.[HH]. The molecule has 0 saturated heterocycles. The molecule has 4 aliphatic carbocycles. The van der Waals surface area contributed by atoms with Gasteiger partial charge in [0.25, 0.3) is 0 Å². The molecule has 0 aromatic heterocycles. The third-order valence-electron chi connectivity index (χ3n) is 11.6. The molecule has 0 spiro atoms. The second-order valence-corrected chi connectivity index (χ2v) is 12.7. The van der Waals surface area contributed by atoms with Crippen LogP contribution in [-0.2, 0) is 0 Å². The Labute approximate surface area is 200 Å². The lowest BCUT2D eigenvalue weighted by Gasteiger charge is -2.58. The van der Waals surface area contributed by atoms with E-state index in [9.17, 15) is 0 Å². The molecule has 4 saturated carbocycles. The van der Waals surface area contributed by atoms with Crippen LogP contribution in [-0.4, -0.2) is 18.6 Å². The highest BCUT2D eigenvalue weighted by atomic mass is 15.5. The van der Waals surface area contributed by atoms with Gasteiger partial charge in [0.15, 0.2) is 0 Å². The fourth-order valence-electron chi connectivity index (χ4n) is 9.71. The second kappa shape index (κ2) is 9.41. The zero-order valence-corrected chi connectivity index (χ0v) is 22.1. The molecule has 8 unspecified atom stereocenters. The molecule has 0 radical (unpaired) electrons.